The summed E-state index contributed by atoms with van der Waals surface area (Å²) in [4.78, 5) is 25.2. The van der Waals surface area contributed by atoms with Gasteiger partial charge in [-0.1, -0.05) is 0 Å². The van der Waals surface area contributed by atoms with E-state index in [-0.39, 0.29) is 23.8 Å². The Hall–Kier alpha value is -2.24. The first-order valence-electron chi connectivity index (χ1n) is 8.67. The Morgan fingerprint density at radius 1 is 1.20 bits per heavy atom. The van der Waals surface area contributed by atoms with Crippen molar-refractivity contribution in [1.82, 2.24) is 4.90 Å². The Bertz CT molecular complexity index is 605. The summed E-state index contributed by atoms with van der Waals surface area (Å²) >= 11 is 0. The molecular formula is C19H27NO5. The van der Waals surface area contributed by atoms with Crippen LogP contribution in [-0.4, -0.2) is 46.4 Å². The first-order chi connectivity index (χ1) is 11.7. The Balaban J connectivity index is 2.05. The first kappa shape index (κ1) is 19.1. The molecule has 1 aliphatic rings. The number of nitrogens with zero attached hydrogens (tertiary/aromatic N) is 1. The molecule has 0 aliphatic carbocycles. The lowest BCUT2D eigenvalue weighted by Crippen LogP contribution is -2.51. The fourth-order valence-electron chi connectivity index (χ4n) is 2.96. The number of amides is 1. The molecule has 25 heavy (non-hydrogen) atoms. The van der Waals surface area contributed by atoms with E-state index in [2.05, 4.69) is 0 Å². The molecule has 2 atom stereocenters. The van der Waals surface area contributed by atoms with Crippen molar-refractivity contribution >= 4 is 12.1 Å². The molecule has 1 amide bonds. The monoisotopic (exact) mass is 349 g/mol. The Labute approximate surface area is 148 Å². The van der Waals surface area contributed by atoms with Crippen LogP contribution in [0.25, 0.3) is 0 Å². The molecule has 2 rings (SSSR count). The summed E-state index contributed by atoms with van der Waals surface area (Å²) in [6.07, 6.45) is 2.32. The number of aromatic carboxylic acids is 1. The second kappa shape index (κ2) is 7.76. The van der Waals surface area contributed by atoms with Crippen LogP contribution in [0.3, 0.4) is 0 Å². The lowest BCUT2D eigenvalue weighted by Gasteiger charge is -2.39. The van der Waals surface area contributed by atoms with Crippen molar-refractivity contribution in [3.63, 3.8) is 0 Å². The summed E-state index contributed by atoms with van der Waals surface area (Å²) < 4.78 is 11.5. The fraction of sp³-hybridized carbons (Fsp3) is 0.579. The van der Waals surface area contributed by atoms with Crippen molar-refractivity contribution in [3.8, 4) is 5.75 Å². The lowest BCUT2D eigenvalue weighted by atomic mass is 9.98. The topological polar surface area (TPSA) is 76.1 Å². The fourth-order valence-corrected chi connectivity index (χ4v) is 2.96. The SMILES string of the molecule is CC(Oc1ccc(C(=O)O)cc1)C1CCCCN1C(=O)OC(C)(C)C. The molecule has 0 spiro atoms. The molecule has 1 aliphatic heterocycles. The molecule has 0 radical (unpaired) electrons. The number of hydrogen-bond donors (Lipinski definition) is 1. The van der Waals surface area contributed by atoms with Crippen LogP contribution in [0.5, 0.6) is 5.75 Å². The van der Waals surface area contributed by atoms with Gasteiger partial charge in [-0.25, -0.2) is 9.59 Å². The van der Waals surface area contributed by atoms with Crippen molar-refractivity contribution in [2.75, 3.05) is 6.54 Å². The molecule has 0 saturated carbocycles. The summed E-state index contributed by atoms with van der Waals surface area (Å²) in [6, 6.07) is 6.23. The minimum absolute atomic E-state index is 0.0669. The average molecular weight is 349 g/mol. The highest BCUT2D eigenvalue weighted by atomic mass is 16.6. The molecule has 0 aromatic heterocycles. The quantitative estimate of drug-likeness (QED) is 0.891. The molecule has 6 nitrogen and oxygen atoms in total. The number of likely N-dealkylation sites (tertiary alicyclic amines) is 1. The van der Waals surface area contributed by atoms with Crippen LogP contribution in [0.1, 0.15) is 57.3 Å². The molecule has 2 unspecified atom stereocenters. The minimum atomic E-state index is -0.969. The molecule has 1 N–H and O–H groups in total. The normalized spacial score (nSPS) is 19.2. The number of rotatable bonds is 4. The summed E-state index contributed by atoms with van der Waals surface area (Å²) in [7, 11) is 0. The van der Waals surface area contributed by atoms with Crippen LogP contribution < -0.4 is 4.74 Å². The van der Waals surface area contributed by atoms with Gasteiger partial charge in [0.15, 0.2) is 0 Å². The van der Waals surface area contributed by atoms with Gasteiger partial charge < -0.3 is 19.5 Å². The van der Waals surface area contributed by atoms with E-state index < -0.39 is 11.6 Å². The number of carbonyl (C=O) groups is 2. The standard InChI is InChI=1S/C19H27NO5/c1-13(24-15-10-8-14(9-11-15)17(21)22)16-7-5-6-12-20(16)18(23)25-19(2,3)4/h8-11,13,16H,5-7,12H2,1-4H3,(H,21,22). The smallest absolute Gasteiger partial charge is 0.410 e. The van der Waals surface area contributed by atoms with Crippen LogP contribution in [0, 0.1) is 0 Å². The lowest BCUT2D eigenvalue weighted by molar-refractivity contribution is -0.00809. The van der Waals surface area contributed by atoms with E-state index in [4.69, 9.17) is 14.6 Å². The van der Waals surface area contributed by atoms with Crippen molar-refractivity contribution in [2.45, 2.75) is 64.7 Å². The number of benzene rings is 1. The van der Waals surface area contributed by atoms with Gasteiger partial charge in [-0.2, -0.15) is 0 Å². The Kier molecular flexibility index (Phi) is 5.93. The number of hydrogen-bond acceptors (Lipinski definition) is 4. The van der Waals surface area contributed by atoms with Crippen LogP contribution in [0.15, 0.2) is 24.3 Å². The molecule has 0 bridgehead atoms. The highest BCUT2D eigenvalue weighted by Gasteiger charge is 2.34. The summed E-state index contributed by atoms with van der Waals surface area (Å²) in [5.74, 6) is -0.379. The van der Waals surface area contributed by atoms with E-state index in [1.807, 2.05) is 27.7 Å². The Morgan fingerprint density at radius 2 is 1.84 bits per heavy atom. The number of carboxylic acids is 1. The van der Waals surface area contributed by atoms with Crippen LogP contribution >= 0.6 is 0 Å². The third-order valence-corrected chi connectivity index (χ3v) is 4.14. The zero-order chi connectivity index (χ0) is 18.6. The van der Waals surface area contributed by atoms with Crippen molar-refractivity contribution < 1.29 is 24.2 Å². The maximum Gasteiger partial charge on any atom is 0.410 e. The predicted octanol–water partition coefficient (Wildman–Crippen LogP) is 3.94. The zero-order valence-corrected chi connectivity index (χ0v) is 15.3. The second-order valence-electron chi connectivity index (χ2n) is 7.39. The molecule has 1 heterocycles. The first-order valence-corrected chi connectivity index (χ1v) is 8.67. The maximum absolute atomic E-state index is 12.5. The highest BCUT2D eigenvalue weighted by molar-refractivity contribution is 5.87. The van der Waals surface area contributed by atoms with E-state index in [9.17, 15) is 9.59 Å². The predicted molar refractivity (Wildman–Crippen MR) is 94.1 cm³/mol. The number of carboxylic acid groups (broad SMARTS) is 1. The highest BCUT2D eigenvalue weighted by Crippen LogP contribution is 2.25. The Morgan fingerprint density at radius 3 is 2.40 bits per heavy atom. The van der Waals surface area contributed by atoms with Gasteiger partial charge in [-0.3, -0.25) is 0 Å². The average Bonchev–Trinajstić information content (AvgIpc) is 2.53. The largest absolute Gasteiger partial charge is 0.489 e. The third-order valence-electron chi connectivity index (χ3n) is 4.14. The molecule has 1 aromatic carbocycles. The van der Waals surface area contributed by atoms with Gasteiger partial charge in [-0.05, 0) is 71.2 Å². The molecular weight excluding hydrogens is 322 g/mol. The third kappa shape index (κ3) is 5.37. The van der Waals surface area contributed by atoms with Crippen molar-refractivity contribution in [1.29, 1.82) is 0 Å². The van der Waals surface area contributed by atoms with Crippen LogP contribution in [0.4, 0.5) is 4.79 Å². The molecule has 1 fully saturated rings. The van der Waals surface area contributed by atoms with E-state index in [1.54, 1.807) is 17.0 Å². The van der Waals surface area contributed by atoms with Gasteiger partial charge in [0.2, 0.25) is 0 Å². The second-order valence-corrected chi connectivity index (χ2v) is 7.39. The van der Waals surface area contributed by atoms with E-state index in [0.29, 0.717) is 12.3 Å². The molecule has 1 aromatic rings. The van der Waals surface area contributed by atoms with Gasteiger partial charge in [0, 0.05) is 6.54 Å². The van der Waals surface area contributed by atoms with Crippen molar-refractivity contribution in [2.24, 2.45) is 0 Å². The van der Waals surface area contributed by atoms with Gasteiger partial charge in [0.25, 0.3) is 0 Å². The van der Waals surface area contributed by atoms with E-state index in [0.717, 1.165) is 19.3 Å². The molecule has 6 heteroatoms. The van der Waals surface area contributed by atoms with Crippen LogP contribution in [0.2, 0.25) is 0 Å². The van der Waals surface area contributed by atoms with Crippen LogP contribution in [-0.2, 0) is 4.74 Å². The maximum atomic E-state index is 12.5. The van der Waals surface area contributed by atoms with Gasteiger partial charge in [-0.15, -0.1) is 0 Å². The zero-order valence-electron chi connectivity index (χ0n) is 15.3. The molecule has 1 saturated heterocycles. The van der Waals surface area contributed by atoms with E-state index >= 15 is 0 Å². The number of carbonyl (C=O) groups excluding carboxylic acids is 1. The molecule has 138 valence electrons. The summed E-state index contributed by atoms with van der Waals surface area (Å²) in [5, 5.41) is 8.95. The van der Waals surface area contributed by atoms with Gasteiger partial charge >= 0.3 is 12.1 Å². The summed E-state index contributed by atoms with van der Waals surface area (Å²) in [6.45, 7) is 8.15. The minimum Gasteiger partial charge on any atom is -0.489 e. The van der Waals surface area contributed by atoms with Gasteiger partial charge in [0.05, 0.1) is 11.6 Å². The van der Waals surface area contributed by atoms with Crippen molar-refractivity contribution in [3.05, 3.63) is 29.8 Å². The number of ether oxygens (including phenoxy) is 2. The van der Waals surface area contributed by atoms with Gasteiger partial charge in [0.1, 0.15) is 17.5 Å². The van der Waals surface area contributed by atoms with E-state index in [1.165, 1.54) is 12.1 Å². The number of piperidine rings is 1. The summed E-state index contributed by atoms with van der Waals surface area (Å²) in [5.41, 5.74) is -0.316.